The lowest BCUT2D eigenvalue weighted by molar-refractivity contribution is 0.268. The van der Waals surface area contributed by atoms with Crippen LogP contribution < -0.4 is 5.73 Å². The van der Waals surface area contributed by atoms with Gasteiger partial charge in [-0.05, 0) is 31.2 Å². The summed E-state index contributed by atoms with van der Waals surface area (Å²) in [6.45, 7) is 10.8. The molecule has 0 aliphatic carbocycles. The zero-order valence-corrected chi connectivity index (χ0v) is 16.7. The molecule has 0 unspecified atom stereocenters. The molecule has 0 aromatic rings. The first-order chi connectivity index (χ1) is 11.7. The van der Waals surface area contributed by atoms with Gasteiger partial charge in [-0.3, -0.25) is 0 Å². The molecule has 0 spiro atoms. The first kappa shape index (κ1) is 23.4. The third-order valence-corrected chi connectivity index (χ3v) is 5.40. The second kappa shape index (κ2) is 17.3. The van der Waals surface area contributed by atoms with Crippen molar-refractivity contribution >= 4 is 0 Å². The van der Waals surface area contributed by atoms with Crippen LogP contribution in [0.3, 0.4) is 0 Å². The average molecular weight is 336 g/mol. The van der Waals surface area contributed by atoms with Crippen molar-refractivity contribution in [2.45, 2.75) is 110 Å². The Hall–Kier alpha value is -0.560. The maximum Gasteiger partial charge on any atom is -0.00146 e. The van der Waals surface area contributed by atoms with Gasteiger partial charge in [0.25, 0.3) is 0 Å². The fourth-order valence-corrected chi connectivity index (χ4v) is 3.69. The van der Waals surface area contributed by atoms with Crippen molar-refractivity contribution in [3.8, 4) is 0 Å². The number of hydrogen-bond donors (Lipinski definition) is 1. The average Bonchev–Trinajstić information content (AvgIpc) is 2.59. The summed E-state index contributed by atoms with van der Waals surface area (Å²) in [6.07, 6.45) is 25.7. The van der Waals surface area contributed by atoms with Gasteiger partial charge in [-0.1, -0.05) is 103 Å². The number of nitrogens with two attached hydrogens (primary N) is 1. The van der Waals surface area contributed by atoms with E-state index in [0.717, 1.165) is 19.4 Å². The zero-order valence-electron chi connectivity index (χ0n) is 16.7. The smallest absolute Gasteiger partial charge is 0.00146 e. The van der Waals surface area contributed by atoms with Crippen molar-refractivity contribution in [3.63, 3.8) is 0 Å². The fourth-order valence-electron chi connectivity index (χ4n) is 3.69. The Bertz CT molecular complexity index is 272. The van der Waals surface area contributed by atoms with Crippen LogP contribution >= 0.6 is 0 Å². The van der Waals surface area contributed by atoms with Crippen LogP contribution in [-0.4, -0.2) is 6.54 Å². The summed E-state index contributed by atoms with van der Waals surface area (Å²) in [7, 11) is 0. The standard InChI is InChI=1S/C23H45N/c1-4-7-8-9-10-11-12-13-14-15-16-17-18-21-23(22-24,19-5-2)20-6-3/h5-6H,2-4,7-22,24H2,1H3. The minimum absolute atomic E-state index is 0.223. The van der Waals surface area contributed by atoms with Crippen molar-refractivity contribution in [3.05, 3.63) is 25.3 Å². The number of unbranched alkanes of at least 4 members (excludes halogenated alkanes) is 12. The van der Waals surface area contributed by atoms with Gasteiger partial charge < -0.3 is 5.73 Å². The molecule has 142 valence electrons. The Morgan fingerprint density at radius 3 is 1.38 bits per heavy atom. The lowest BCUT2D eigenvalue weighted by Gasteiger charge is -2.30. The van der Waals surface area contributed by atoms with Crippen LogP contribution in [0.2, 0.25) is 0 Å². The van der Waals surface area contributed by atoms with Crippen LogP contribution in [0.4, 0.5) is 0 Å². The molecule has 0 rings (SSSR count). The van der Waals surface area contributed by atoms with E-state index in [1.807, 2.05) is 12.2 Å². The van der Waals surface area contributed by atoms with Crippen molar-refractivity contribution in [2.24, 2.45) is 11.1 Å². The van der Waals surface area contributed by atoms with Crippen LogP contribution in [0.5, 0.6) is 0 Å². The van der Waals surface area contributed by atoms with Crippen molar-refractivity contribution in [2.75, 3.05) is 6.54 Å². The van der Waals surface area contributed by atoms with E-state index in [1.165, 1.54) is 89.9 Å². The number of allylic oxidation sites excluding steroid dienone is 2. The molecule has 1 heteroatoms. The first-order valence-corrected chi connectivity index (χ1v) is 10.7. The van der Waals surface area contributed by atoms with Gasteiger partial charge in [-0.2, -0.15) is 0 Å². The molecule has 1 nitrogen and oxygen atoms in total. The molecule has 0 aromatic carbocycles. The second-order valence-electron chi connectivity index (χ2n) is 7.68. The van der Waals surface area contributed by atoms with Crippen LogP contribution in [0.1, 0.15) is 110 Å². The van der Waals surface area contributed by atoms with Gasteiger partial charge in [0.05, 0.1) is 0 Å². The molecule has 0 amide bonds. The van der Waals surface area contributed by atoms with Gasteiger partial charge >= 0.3 is 0 Å². The van der Waals surface area contributed by atoms with Crippen LogP contribution in [0.25, 0.3) is 0 Å². The number of hydrogen-bond acceptors (Lipinski definition) is 1. The largest absolute Gasteiger partial charge is 0.330 e. The Balaban J connectivity index is 3.48. The fraction of sp³-hybridized carbons (Fsp3) is 0.826. The highest BCUT2D eigenvalue weighted by Crippen LogP contribution is 2.33. The molecule has 0 saturated carbocycles. The van der Waals surface area contributed by atoms with Gasteiger partial charge in [-0.15, -0.1) is 13.2 Å². The molecule has 2 N–H and O–H groups in total. The molecule has 0 radical (unpaired) electrons. The van der Waals surface area contributed by atoms with Crippen LogP contribution in [0.15, 0.2) is 25.3 Å². The minimum atomic E-state index is 0.223. The summed E-state index contributed by atoms with van der Waals surface area (Å²) in [6, 6.07) is 0. The van der Waals surface area contributed by atoms with Crippen LogP contribution in [-0.2, 0) is 0 Å². The van der Waals surface area contributed by atoms with Gasteiger partial charge in [-0.25, -0.2) is 0 Å². The summed E-state index contributed by atoms with van der Waals surface area (Å²) >= 11 is 0. The Labute approximate surface area is 153 Å². The van der Waals surface area contributed by atoms with E-state index in [1.54, 1.807) is 0 Å². The van der Waals surface area contributed by atoms with E-state index in [9.17, 15) is 0 Å². The molecular formula is C23H45N. The highest BCUT2D eigenvalue weighted by Gasteiger charge is 2.24. The molecule has 0 aliphatic heterocycles. The van der Waals surface area contributed by atoms with Crippen LogP contribution in [0, 0.1) is 5.41 Å². The summed E-state index contributed by atoms with van der Waals surface area (Å²) in [5.74, 6) is 0. The molecular weight excluding hydrogens is 290 g/mol. The van der Waals surface area contributed by atoms with Gasteiger partial charge in [0.2, 0.25) is 0 Å². The summed E-state index contributed by atoms with van der Waals surface area (Å²) in [5.41, 5.74) is 6.26. The minimum Gasteiger partial charge on any atom is -0.330 e. The maximum absolute atomic E-state index is 6.03. The normalized spacial score (nSPS) is 11.6. The van der Waals surface area contributed by atoms with Gasteiger partial charge in [0, 0.05) is 0 Å². The Morgan fingerprint density at radius 1 is 0.667 bits per heavy atom. The highest BCUT2D eigenvalue weighted by atomic mass is 14.6. The molecule has 0 atom stereocenters. The molecule has 24 heavy (non-hydrogen) atoms. The third-order valence-electron chi connectivity index (χ3n) is 5.40. The Kier molecular flexibility index (Phi) is 16.9. The topological polar surface area (TPSA) is 26.0 Å². The molecule has 0 fully saturated rings. The predicted octanol–water partition coefficient (Wildman–Crippen LogP) is 7.57. The molecule has 0 aromatic heterocycles. The summed E-state index contributed by atoms with van der Waals surface area (Å²) < 4.78 is 0. The van der Waals surface area contributed by atoms with E-state index >= 15 is 0 Å². The monoisotopic (exact) mass is 335 g/mol. The predicted molar refractivity (Wildman–Crippen MR) is 111 cm³/mol. The van der Waals surface area contributed by atoms with Crippen molar-refractivity contribution < 1.29 is 0 Å². The second-order valence-corrected chi connectivity index (χ2v) is 7.68. The van der Waals surface area contributed by atoms with E-state index in [0.29, 0.717) is 0 Å². The molecule has 0 heterocycles. The molecule has 0 saturated heterocycles. The third kappa shape index (κ3) is 12.8. The van der Waals surface area contributed by atoms with E-state index in [4.69, 9.17) is 5.73 Å². The quantitative estimate of drug-likeness (QED) is 0.191. The van der Waals surface area contributed by atoms with Gasteiger partial charge in [0.15, 0.2) is 0 Å². The lowest BCUT2D eigenvalue weighted by Crippen LogP contribution is -2.29. The molecule has 0 aliphatic rings. The summed E-state index contributed by atoms with van der Waals surface area (Å²) in [4.78, 5) is 0. The lowest BCUT2D eigenvalue weighted by atomic mass is 9.76. The summed E-state index contributed by atoms with van der Waals surface area (Å²) in [5, 5.41) is 0. The SMILES string of the molecule is C=CCC(CN)(CC=C)CCCCCCCCCCCCCCC. The van der Waals surface area contributed by atoms with E-state index < -0.39 is 0 Å². The van der Waals surface area contributed by atoms with E-state index in [-0.39, 0.29) is 5.41 Å². The Morgan fingerprint density at radius 2 is 1.04 bits per heavy atom. The van der Waals surface area contributed by atoms with Crippen molar-refractivity contribution in [1.82, 2.24) is 0 Å². The highest BCUT2D eigenvalue weighted by molar-refractivity contribution is 4.92. The number of rotatable bonds is 19. The van der Waals surface area contributed by atoms with Crippen molar-refractivity contribution in [1.29, 1.82) is 0 Å². The first-order valence-electron chi connectivity index (χ1n) is 10.7. The maximum atomic E-state index is 6.03. The zero-order chi connectivity index (χ0) is 17.9. The van der Waals surface area contributed by atoms with Gasteiger partial charge in [0.1, 0.15) is 0 Å². The molecule has 0 bridgehead atoms. The van der Waals surface area contributed by atoms with E-state index in [2.05, 4.69) is 20.1 Å².